The van der Waals surface area contributed by atoms with Gasteiger partial charge in [-0.15, -0.1) is 0 Å². The summed E-state index contributed by atoms with van der Waals surface area (Å²) >= 11 is 0. The summed E-state index contributed by atoms with van der Waals surface area (Å²) in [6, 6.07) is 11.7. The van der Waals surface area contributed by atoms with Crippen molar-refractivity contribution in [3.05, 3.63) is 58.7 Å². The smallest absolute Gasteiger partial charge is 0.315 e. The van der Waals surface area contributed by atoms with Crippen LogP contribution in [0.1, 0.15) is 93.4 Å². The maximum Gasteiger partial charge on any atom is 0.315 e. The average Bonchev–Trinajstić information content (AvgIpc) is 2.73. The highest BCUT2D eigenvalue weighted by atomic mass is 16.5. The van der Waals surface area contributed by atoms with Crippen molar-refractivity contribution in [3.8, 4) is 11.5 Å². The molecule has 1 aliphatic rings. The zero-order chi connectivity index (χ0) is 20.6. The summed E-state index contributed by atoms with van der Waals surface area (Å²) in [5.74, 6) is -0.0504. The molecule has 1 aliphatic heterocycles. The van der Waals surface area contributed by atoms with Gasteiger partial charge >= 0.3 is 5.97 Å². The van der Waals surface area contributed by atoms with Gasteiger partial charge in [-0.1, -0.05) is 76.6 Å². The number of ether oxygens (including phenoxy) is 1. The van der Waals surface area contributed by atoms with E-state index < -0.39 is 11.9 Å². The predicted molar refractivity (Wildman–Crippen MR) is 118 cm³/mol. The number of fused-ring (bicyclic) bond motifs is 2. The van der Waals surface area contributed by atoms with Crippen molar-refractivity contribution < 1.29 is 14.6 Å². The van der Waals surface area contributed by atoms with Crippen LogP contribution in [0.2, 0.25) is 0 Å². The topological polar surface area (TPSA) is 46.5 Å². The molecule has 1 heterocycles. The van der Waals surface area contributed by atoms with E-state index in [-0.39, 0.29) is 0 Å². The summed E-state index contributed by atoms with van der Waals surface area (Å²) in [5.41, 5.74) is 4.19. The fourth-order valence-electron chi connectivity index (χ4n) is 4.44. The Kier molecular flexibility index (Phi) is 7.74. The summed E-state index contributed by atoms with van der Waals surface area (Å²) in [5, 5.41) is 10.1. The summed E-state index contributed by atoms with van der Waals surface area (Å²) < 4.78 is 6.16. The van der Waals surface area contributed by atoms with E-state index in [9.17, 15) is 9.90 Å². The van der Waals surface area contributed by atoms with Crippen LogP contribution in [0.15, 0.2) is 36.4 Å². The molecule has 2 aromatic rings. The minimum atomic E-state index is -0.792. The molecule has 0 aromatic heterocycles. The molecule has 29 heavy (non-hydrogen) atoms. The third kappa shape index (κ3) is 5.01. The Balaban J connectivity index is 1.98. The third-order valence-electron chi connectivity index (χ3n) is 5.98. The van der Waals surface area contributed by atoms with Crippen LogP contribution in [0.4, 0.5) is 0 Å². The fourth-order valence-corrected chi connectivity index (χ4v) is 4.44. The van der Waals surface area contributed by atoms with Crippen molar-refractivity contribution in [1.82, 2.24) is 0 Å². The van der Waals surface area contributed by atoms with Gasteiger partial charge in [0.05, 0.1) is 0 Å². The second-order valence-electron chi connectivity index (χ2n) is 8.15. The van der Waals surface area contributed by atoms with Crippen LogP contribution in [0.5, 0.6) is 11.5 Å². The minimum Gasteiger partial charge on any atom is -0.481 e. The van der Waals surface area contributed by atoms with Gasteiger partial charge in [-0.3, -0.25) is 4.79 Å². The van der Waals surface area contributed by atoms with Crippen molar-refractivity contribution in [1.29, 1.82) is 0 Å². The lowest BCUT2D eigenvalue weighted by Gasteiger charge is -2.29. The molecular weight excluding hydrogens is 360 g/mol. The molecule has 0 fully saturated rings. The Morgan fingerprint density at radius 1 is 0.862 bits per heavy atom. The highest BCUT2D eigenvalue weighted by molar-refractivity contribution is 5.84. The number of rotatable bonds is 11. The van der Waals surface area contributed by atoms with Gasteiger partial charge in [-0.05, 0) is 48.9 Å². The average molecular weight is 395 g/mol. The number of aliphatic carboxylic acids is 1. The number of hydrogen-bond acceptors (Lipinski definition) is 2. The van der Waals surface area contributed by atoms with E-state index in [1.54, 1.807) is 0 Å². The number of hydrogen-bond donors (Lipinski definition) is 1. The maximum absolute atomic E-state index is 12.4. The van der Waals surface area contributed by atoms with Crippen LogP contribution in [0, 0.1) is 0 Å². The predicted octanol–water partition coefficient (Wildman–Crippen LogP) is 7.25. The van der Waals surface area contributed by atoms with E-state index in [1.165, 1.54) is 49.7 Å². The largest absolute Gasteiger partial charge is 0.481 e. The van der Waals surface area contributed by atoms with Gasteiger partial charge < -0.3 is 9.84 Å². The lowest BCUT2D eigenvalue weighted by Crippen LogP contribution is -2.21. The van der Waals surface area contributed by atoms with Gasteiger partial charge in [-0.2, -0.15) is 0 Å². The van der Waals surface area contributed by atoms with Gasteiger partial charge in [0, 0.05) is 11.1 Å². The van der Waals surface area contributed by atoms with Gasteiger partial charge in [0.25, 0.3) is 0 Å². The lowest BCUT2D eigenvalue weighted by molar-refractivity contribution is -0.137. The van der Waals surface area contributed by atoms with Gasteiger partial charge in [0.1, 0.15) is 17.4 Å². The molecule has 0 saturated heterocycles. The van der Waals surface area contributed by atoms with E-state index in [4.69, 9.17) is 4.74 Å². The monoisotopic (exact) mass is 394 g/mol. The van der Waals surface area contributed by atoms with Crippen LogP contribution in [-0.4, -0.2) is 11.1 Å². The normalized spacial score (nSPS) is 14.8. The first kappa shape index (κ1) is 21.4. The number of carbonyl (C=O) groups is 1. The molecule has 1 unspecified atom stereocenters. The lowest BCUT2D eigenvalue weighted by atomic mass is 9.81. The molecule has 0 saturated carbocycles. The second kappa shape index (κ2) is 10.5. The van der Waals surface area contributed by atoms with Crippen LogP contribution in [-0.2, 0) is 17.6 Å². The van der Waals surface area contributed by atoms with Crippen LogP contribution >= 0.6 is 0 Å². The van der Waals surface area contributed by atoms with Crippen LogP contribution in [0.3, 0.4) is 0 Å². The first-order valence-corrected chi connectivity index (χ1v) is 11.3. The summed E-state index contributed by atoms with van der Waals surface area (Å²) in [6.07, 6.45) is 11.5. The summed E-state index contributed by atoms with van der Waals surface area (Å²) in [7, 11) is 0. The number of unbranched alkanes of at least 4 members (excludes halogenated alkanes) is 6. The molecule has 0 aliphatic carbocycles. The molecule has 0 bridgehead atoms. The molecule has 3 nitrogen and oxygen atoms in total. The highest BCUT2D eigenvalue weighted by Gasteiger charge is 2.35. The Morgan fingerprint density at radius 2 is 1.55 bits per heavy atom. The van der Waals surface area contributed by atoms with Gasteiger partial charge in [-0.25, -0.2) is 0 Å². The van der Waals surface area contributed by atoms with E-state index in [0.717, 1.165) is 42.6 Å². The SMILES string of the molecule is CCCCCCc1ccc2c(c1CCCCCC)C(C(=O)O)c1ccccc1O2. The Labute approximate surface area is 175 Å². The highest BCUT2D eigenvalue weighted by Crippen LogP contribution is 2.47. The van der Waals surface area contributed by atoms with E-state index in [1.807, 2.05) is 30.3 Å². The molecule has 3 heteroatoms. The molecule has 1 atom stereocenters. The second-order valence-corrected chi connectivity index (χ2v) is 8.15. The van der Waals surface area contributed by atoms with Crippen molar-refractivity contribution in [2.45, 2.75) is 84.0 Å². The number of carboxylic acids is 1. The van der Waals surface area contributed by atoms with Crippen molar-refractivity contribution in [2.24, 2.45) is 0 Å². The van der Waals surface area contributed by atoms with E-state index in [2.05, 4.69) is 19.9 Å². The summed E-state index contributed by atoms with van der Waals surface area (Å²) in [6.45, 7) is 4.44. The zero-order valence-electron chi connectivity index (χ0n) is 17.9. The van der Waals surface area contributed by atoms with E-state index >= 15 is 0 Å². The molecular formula is C26H34O3. The summed E-state index contributed by atoms with van der Waals surface area (Å²) in [4.78, 5) is 12.4. The molecule has 3 rings (SSSR count). The van der Waals surface area contributed by atoms with Gasteiger partial charge in [0.15, 0.2) is 0 Å². The van der Waals surface area contributed by atoms with Crippen molar-refractivity contribution >= 4 is 5.97 Å². The first-order chi connectivity index (χ1) is 14.2. The Morgan fingerprint density at radius 3 is 2.24 bits per heavy atom. The van der Waals surface area contributed by atoms with Crippen molar-refractivity contribution in [2.75, 3.05) is 0 Å². The number of para-hydroxylation sites is 1. The molecule has 0 spiro atoms. The van der Waals surface area contributed by atoms with Crippen LogP contribution in [0.25, 0.3) is 0 Å². The minimum absolute atomic E-state index is 0.647. The number of carboxylic acid groups (broad SMARTS) is 1. The molecule has 0 radical (unpaired) electrons. The Hall–Kier alpha value is -2.29. The van der Waals surface area contributed by atoms with Gasteiger partial charge in [0.2, 0.25) is 0 Å². The number of benzene rings is 2. The first-order valence-electron chi connectivity index (χ1n) is 11.3. The molecule has 156 valence electrons. The van der Waals surface area contributed by atoms with Crippen LogP contribution < -0.4 is 4.74 Å². The van der Waals surface area contributed by atoms with E-state index in [0.29, 0.717) is 5.75 Å². The zero-order valence-corrected chi connectivity index (χ0v) is 17.9. The fraction of sp³-hybridized carbons (Fsp3) is 0.500. The quantitative estimate of drug-likeness (QED) is 0.408. The maximum atomic E-state index is 12.4. The molecule has 2 aromatic carbocycles. The van der Waals surface area contributed by atoms with Crippen molar-refractivity contribution in [3.63, 3.8) is 0 Å². The molecule has 0 amide bonds. The third-order valence-corrected chi connectivity index (χ3v) is 5.98. The molecule has 1 N–H and O–H groups in total. The standard InChI is InChI=1S/C26H34O3/c1-3-5-7-9-13-19-17-18-23-24(20(19)14-10-8-6-4-2)25(26(27)28)21-15-11-12-16-22(21)29-23/h11-12,15-18,25H,3-10,13-14H2,1-2H3,(H,27,28). The Bertz CT molecular complexity index is 825. The number of aryl methyl sites for hydroxylation is 1.